The zero-order chi connectivity index (χ0) is 10.7. The van der Waals surface area contributed by atoms with Crippen molar-refractivity contribution in [2.75, 3.05) is 0 Å². The highest BCUT2D eigenvalue weighted by Gasteiger charge is 2.11. The summed E-state index contributed by atoms with van der Waals surface area (Å²) in [5.74, 6) is -0.355. The lowest BCUT2D eigenvalue weighted by atomic mass is 10.0. The van der Waals surface area contributed by atoms with Crippen LogP contribution >= 0.6 is 11.6 Å². The van der Waals surface area contributed by atoms with Gasteiger partial charge in [-0.1, -0.05) is 23.2 Å². The highest BCUT2D eigenvalue weighted by atomic mass is 35.5. The van der Waals surface area contributed by atoms with Crippen LogP contribution < -0.4 is 5.73 Å². The molecule has 2 N–H and O–H groups in total. The van der Waals surface area contributed by atoms with Crippen LogP contribution in [0.2, 0.25) is 5.02 Å². The highest BCUT2D eigenvalue weighted by molar-refractivity contribution is 6.30. The number of nitrogens with two attached hydrogens (primary N) is 1. The van der Waals surface area contributed by atoms with Crippen molar-refractivity contribution in [3.8, 4) is 0 Å². The van der Waals surface area contributed by atoms with Crippen LogP contribution in [-0.4, -0.2) is 0 Å². The minimum absolute atomic E-state index is 0.343. The van der Waals surface area contributed by atoms with E-state index in [1.807, 2.05) is 6.92 Å². The van der Waals surface area contributed by atoms with E-state index in [-0.39, 0.29) is 11.9 Å². The summed E-state index contributed by atoms with van der Waals surface area (Å²) in [5, 5.41) is 0.383. The molecule has 0 aliphatic rings. The molecule has 0 aliphatic heterocycles. The molecule has 76 valence electrons. The van der Waals surface area contributed by atoms with E-state index in [0.29, 0.717) is 17.0 Å². The quantitative estimate of drug-likeness (QED) is 0.765. The van der Waals surface area contributed by atoms with Gasteiger partial charge < -0.3 is 5.73 Å². The Morgan fingerprint density at radius 2 is 2.29 bits per heavy atom. The van der Waals surface area contributed by atoms with Crippen molar-refractivity contribution in [2.24, 2.45) is 5.73 Å². The van der Waals surface area contributed by atoms with Crippen molar-refractivity contribution in [3.05, 3.63) is 46.8 Å². The van der Waals surface area contributed by atoms with Gasteiger partial charge in [-0.05, 0) is 25.5 Å². The topological polar surface area (TPSA) is 26.0 Å². The normalized spacial score (nSPS) is 12.6. The van der Waals surface area contributed by atoms with Crippen molar-refractivity contribution in [1.82, 2.24) is 0 Å². The van der Waals surface area contributed by atoms with Crippen LogP contribution in [-0.2, 0) is 0 Å². The predicted octanol–water partition coefficient (Wildman–Crippen LogP) is 3.45. The van der Waals surface area contributed by atoms with Crippen LogP contribution in [0.5, 0.6) is 0 Å². The SMILES string of the molecule is C=C(C)CC(N)c1ccc(Cl)cc1F. The Labute approximate surface area is 88.4 Å². The first-order chi connectivity index (χ1) is 6.50. The molecule has 0 fully saturated rings. The third-order valence-corrected chi connectivity index (χ3v) is 2.17. The lowest BCUT2D eigenvalue weighted by Gasteiger charge is -2.12. The first-order valence-electron chi connectivity index (χ1n) is 4.35. The molecule has 1 aromatic rings. The maximum atomic E-state index is 13.4. The summed E-state index contributed by atoms with van der Waals surface area (Å²) >= 11 is 5.63. The Kier molecular flexibility index (Phi) is 3.67. The second-order valence-corrected chi connectivity index (χ2v) is 3.87. The monoisotopic (exact) mass is 213 g/mol. The van der Waals surface area contributed by atoms with Gasteiger partial charge in [0, 0.05) is 16.6 Å². The van der Waals surface area contributed by atoms with E-state index in [1.165, 1.54) is 6.07 Å². The molecule has 0 spiro atoms. The lowest BCUT2D eigenvalue weighted by molar-refractivity contribution is 0.580. The molecule has 14 heavy (non-hydrogen) atoms. The van der Waals surface area contributed by atoms with E-state index in [0.717, 1.165) is 5.57 Å². The van der Waals surface area contributed by atoms with Crippen LogP contribution in [0.3, 0.4) is 0 Å². The van der Waals surface area contributed by atoms with Crippen molar-refractivity contribution in [3.63, 3.8) is 0 Å². The highest BCUT2D eigenvalue weighted by Crippen LogP contribution is 2.23. The lowest BCUT2D eigenvalue weighted by Crippen LogP contribution is -2.12. The van der Waals surface area contributed by atoms with Crippen LogP contribution in [0.4, 0.5) is 4.39 Å². The zero-order valence-electron chi connectivity index (χ0n) is 8.06. The maximum absolute atomic E-state index is 13.4. The summed E-state index contributed by atoms with van der Waals surface area (Å²) < 4.78 is 13.4. The van der Waals surface area contributed by atoms with Crippen molar-refractivity contribution < 1.29 is 4.39 Å². The van der Waals surface area contributed by atoms with Gasteiger partial charge in [0.15, 0.2) is 0 Å². The Balaban J connectivity index is 2.90. The van der Waals surface area contributed by atoms with Gasteiger partial charge >= 0.3 is 0 Å². The third kappa shape index (κ3) is 2.82. The molecule has 0 aliphatic carbocycles. The van der Waals surface area contributed by atoms with Crippen LogP contribution in [0.25, 0.3) is 0 Å². The molecule has 0 amide bonds. The molecule has 0 saturated heterocycles. The molecule has 0 bridgehead atoms. The van der Waals surface area contributed by atoms with E-state index in [4.69, 9.17) is 17.3 Å². The standard InChI is InChI=1S/C11H13ClFN/c1-7(2)5-11(14)9-4-3-8(12)6-10(9)13/h3-4,6,11H,1,5,14H2,2H3. The maximum Gasteiger partial charge on any atom is 0.129 e. The zero-order valence-corrected chi connectivity index (χ0v) is 8.81. The fourth-order valence-electron chi connectivity index (χ4n) is 1.29. The summed E-state index contributed by atoms with van der Waals surface area (Å²) in [4.78, 5) is 0. The van der Waals surface area contributed by atoms with Crippen molar-refractivity contribution >= 4 is 11.6 Å². The van der Waals surface area contributed by atoms with Crippen molar-refractivity contribution in [1.29, 1.82) is 0 Å². The van der Waals surface area contributed by atoms with Gasteiger partial charge in [-0.15, -0.1) is 6.58 Å². The first-order valence-corrected chi connectivity index (χ1v) is 4.73. The second-order valence-electron chi connectivity index (χ2n) is 3.43. The van der Waals surface area contributed by atoms with E-state index in [9.17, 15) is 4.39 Å². The largest absolute Gasteiger partial charge is 0.324 e. The van der Waals surface area contributed by atoms with Gasteiger partial charge in [-0.3, -0.25) is 0 Å². The minimum atomic E-state index is -0.355. The fraction of sp³-hybridized carbons (Fsp3) is 0.273. The molecule has 0 aromatic heterocycles. The molecular weight excluding hydrogens is 201 g/mol. The van der Waals surface area contributed by atoms with E-state index >= 15 is 0 Å². The fourth-order valence-corrected chi connectivity index (χ4v) is 1.45. The average Bonchev–Trinajstić information content (AvgIpc) is 2.01. The molecule has 1 unspecified atom stereocenters. The Bertz CT molecular complexity index is 349. The number of benzene rings is 1. The van der Waals surface area contributed by atoms with Gasteiger partial charge in [-0.2, -0.15) is 0 Å². The number of halogens is 2. The summed E-state index contributed by atoms with van der Waals surface area (Å²) in [6.07, 6.45) is 0.582. The van der Waals surface area contributed by atoms with E-state index < -0.39 is 0 Å². The van der Waals surface area contributed by atoms with Gasteiger partial charge in [-0.25, -0.2) is 4.39 Å². The number of rotatable bonds is 3. The molecule has 1 rings (SSSR count). The molecule has 1 atom stereocenters. The smallest absolute Gasteiger partial charge is 0.129 e. The number of hydrogen-bond acceptors (Lipinski definition) is 1. The molecular formula is C11H13ClFN. The van der Waals surface area contributed by atoms with E-state index in [2.05, 4.69) is 6.58 Å². The van der Waals surface area contributed by atoms with Crippen LogP contribution in [0, 0.1) is 5.82 Å². The Morgan fingerprint density at radius 3 is 2.79 bits per heavy atom. The van der Waals surface area contributed by atoms with Gasteiger partial charge in [0.05, 0.1) is 0 Å². The third-order valence-electron chi connectivity index (χ3n) is 1.93. The molecule has 1 nitrogen and oxygen atoms in total. The number of hydrogen-bond donors (Lipinski definition) is 1. The van der Waals surface area contributed by atoms with Gasteiger partial charge in [0.2, 0.25) is 0 Å². The average molecular weight is 214 g/mol. The minimum Gasteiger partial charge on any atom is -0.324 e. The Morgan fingerprint density at radius 1 is 1.64 bits per heavy atom. The first kappa shape index (κ1) is 11.2. The summed E-state index contributed by atoms with van der Waals surface area (Å²) in [7, 11) is 0. The van der Waals surface area contributed by atoms with Crippen molar-refractivity contribution in [2.45, 2.75) is 19.4 Å². The van der Waals surface area contributed by atoms with Gasteiger partial charge in [0.1, 0.15) is 5.82 Å². The predicted molar refractivity (Wildman–Crippen MR) is 57.8 cm³/mol. The van der Waals surface area contributed by atoms with Crippen LogP contribution in [0.15, 0.2) is 30.4 Å². The van der Waals surface area contributed by atoms with Gasteiger partial charge in [0.25, 0.3) is 0 Å². The molecule has 0 radical (unpaired) electrons. The molecule has 0 saturated carbocycles. The van der Waals surface area contributed by atoms with E-state index in [1.54, 1.807) is 12.1 Å². The molecule has 3 heteroatoms. The summed E-state index contributed by atoms with van der Waals surface area (Å²) in [6, 6.07) is 4.18. The molecule has 1 aromatic carbocycles. The summed E-state index contributed by atoms with van der Waals surface area (Å²) in [6.45, 7) is 5.61. The Hall–Kier alpha value is -0.860. The second kappa shape index (κ2) is 4.58. The van der Waals surface area contributed by atoms with Crippen LogP contribution in [0.1, 0.15) is 24.9 Å². The summed E-state index contributed by atoms with van der Waals surface area (Å²) in [5.41, 5.74) is 7.22. The molecule has 0 heterocycles.